The molecule has 10 aromatic rings. The van der Waals surface area contributed by atoms with E-state index in [2.05, 4.69) is 218 Å². The Balaban J connectivity index is 1.53. The van der Waals surface area contributed by atoms with Crippen LogP contribution in [0.5, 0.6) is 0 Å². The summed E-state index contributed by atoms with van der Waals surface area (Å²) in [6, 6.07) is 79.9. The van der Waals surface area contributed by atoms with E-state index in [1.807, 2.05) is 0 Å². The summed E-state index contributed by atoms with van der Waals surface area (Å²) >= 11 is 0. The van der Waals surface area contributed by atoms with Gasteiger partial charge in [0, 0.05) is 0 Å². The lowest BCUT2D eigenvalue weighted by atomic mass is 9.77. The van der Waals surface area contributed by atoms with E-state index in [-0.39, 0.29) is 0 Å². The van der Waals surface area contributed by atoms with Gasteiger partial charge in [-0.1, -0.05) is 206 Å². The average molecular weight is 685 g/mol. The third-order valence-corrected chi connectivity index (χ3v) is 10.8. The molecule has 0 unspecified atom stereocenters. The third-order valence-electron chi connectivity index (χ3n) is 10.8. The molecule has 0 spiro atoms. The van der Waals surface area contributed by atoms with Gasteiger partial charge in [0.15, 0.2) is 0 Å². The summed E-state index contributed by atoms with van der Waals surface area (Å²) in [5.41, 5.74) is 14.6. The van der Waals surface area contributed by atoms with Crippen LogP contribution in [0.4, 0.5) is 0 Å². The zero-order chi connectivity index (χ0) is 35.8. The van der Waals surface area contributed by atoms with E-state index < -0.39 is 0 Å². The molecule has 10 aromatic carbocycles. The number of rotatable bonds is 6. The molecule has 0 fully saturated rings. The smallest absolute Gasteiger partial charge is 0.000139 e. The molecule has 0 radical (unpaired) electrons. The lowest BCUT2D eigenvalue weighted by molar-refractivity contribution is 1.61. The Labute approximate surface area is 316 Å². The molecule has 0 heteroatoms. The summed E-state index contributed by atoms with van der Waals surface area (Å²) in [4.78, 5) is 0. The van der Waals surface area contributed by atoms with Crippen molar-refractivity contribution in [1.82, 2.24) is 0 Å². The van der Waals surface area contributed by atoms with Gasteiger partial charge in [0.2, 0.25) is 0 Å². The Hall–Kier alpha value is -7.02. The second-order valence-corrected chi connectivity index (χ2v) is 14.0. The molecule has 0 aliphatic carbocycles. The van der Waals surface area contributed by atoms with Gasteiger partial charge in [0.25, 0.3) is 0 Å². The van der Waals surface area contributed by atoms with E-state index >= 15 is 0 Å². The van der Waals surface area contributed by atoms with Crippen molar-refractivity contribution in [1.29, 1.82) is 0 Å². The highest BCUT2D eigenvalue weighted by atomic mass is 14.3. The maximum absolute atomic E-state index is 2.43. The molecular formula is C54H36. The fourth-order valence-electron chi connectivity index (χ4n) is 8.47. The van der Waals surface area contributed by atoms with Gasteiger partial charge < -0.3 is 0 Å². The van der Waals surface area contributed by atoms with Gasteiger partial charge in [-0.05, 0) is 111 Å². The van der Waals surface area contributed by atoms with Gasteiger partial charge in [0.05, 0.1) is 0 Å². The highest BCUT2D eigenvalue weighted by Crippen LogP contribution is 2.54. The molecule has 0 bridgehead atoms. The molecule has 0 N–H and O–H groups in total. The Morgan fingerprint density at radius 3 is 0.685 bits per heavy atom. The van der Waals surface area contributed by atoms with E-state index in [4.69, 9.17) is 0 Å². The van der Waals surface area contributed by atoms with E-state index in [1.165, 1.54) is 99.1 Å². The van der Waals surface area contributed by atoms with Crippen LogP contribution in [0.15, 0.2) is 218 Å². The minimum Gasteiger partial charge on any atom is -0.0622 e. The first kappa shape index (κ1) is 31.7. The third kappa shape index (κ3) is 5.40. The van der Waals surface area contributed by atoms with Crippen LogP contribution in [-0.2, 0) is 0 Å². The highest BCUT2D eigenvalue weighted by Gasteiger charge is 2.26. The quantitative estimate of drug-likeness (QED) is 0.153. The molecule has 0 atom stereocenters. The normalized spacial score (nSPS) is 11.3. The van der Waals surface area contributed by atoms with Crippen molar-refractivity contribution in [3.05, 3.63) is 218 Å². The summed E-state index contributed by atoms with van der Waals surface area (Å²) in [6.45, 7) is 0. The molecule has 0 aromatic heterocycles. The average Bonchev–Trinajstić information content (AvgIpc) is 3.26. The van der Waals surface area contributed by atoms with Gasteiger partial charge in [-0.3, -0.25) is 0 Å². The Morgan fingerprint density at radius 2 is 0.407 bits per heavy atom. The van der Waals surface area contributed by atoms with E-state index in [0.29, 0.717) is 0 Å². The predicted octanol–water partition coefficient (Wildman–Crippen LogP) is 15.1. The fourth-order valence-corrected chi connectivity index (χ4v) is 8.47. The summed E-state index contributed by atoms with van der Waals surface area (Å²) in [7, 11) is 0. The van der Waals surface area contributed by atoms with Gasteiger partial charge in [-0.15, -0.1) is 0 Å². The van der Waals surface area contributed by atoms with E-state index in [9.17, 15) is 0 Å². The van der Waals surface area contributed by atoms with Gasteiger partial charge in [0.1, 0.15) is 0 Å². The number of hydrogen-bond acceptors (Lipinski definition) is 0. The number of hydrogen-bond donors (Lipinski definition) is 0. The van der Waals surface area contributed by atoms with Crippen molar-refractivity contribution in [2.45, 2.75) is 0 Å². The highest BCUT2D eigenvalue weighted by molar-refractivity contribution is 6.34. The SMILES string of the molecule is c1ccc(-c2ccc3c(-c4ccccc4)c4c(-c5ccccc5)c5cc(-c6ccccc6)ccc5c(-c5ccccc5)c4c(-c4ccccc4)c3c2)cc1. The predicted molar refractivity (Wildman–Crippen MR) is 232 cm³/mol. The van der Waals surface area contributed by atoms with Crippen LogP contribution < -0.4 is 0 Å². The maximum Gasteiger partial charge on any atom is -0.000139 e. The molecule has 252 valence electrons. The second kappa shape index (κ2) is 13.5. The van der Waals surface area contributed by atoms with Crippen LogP contribution in [-0.4, -0.2) is 0 Å². The summed E-state index contributed by atoms with van der Waals surface area (Å²) in [5.74, 6) is 0. The van der Waals surface area contributed by atoms with Crippen LogP contribution in [0, 0.1) is 0 Å². The Kier molecular flexibility index (Phi) is 7.93. The lowest BCUT2D eigenvalue weighted by Crippen LogP contribution is -1.98. The molecule has 0 aliphatic heterocycles. The van der Waals surface area contributed by atoms with Gasteiger partial charge in [-0.2, -0.15) is 0 Å². The Bertz CT molecular complexity index is 2710. The largest absolute Gasteiger partial charge is 0.0622 e. The van der Waals surface area contributed by atoms with Crippen molar-refractivity contribution in [3.8, 4) is 66.8 Å². The molecule has 0 heterocycles. The van der Waals surface area contributed by atoms with Gasteiger partial charge >= 0.3 is 0 Å². The molecule has 54 heavy (non-hydrogen) atoms. The number of fused-ring (bicyclic) bond motifs is 3. The maximum atomic E-state index is 2.43. The molecule has 0 saturated carbocycles. The first-order valence-electron chi connectivity index (χ1n) is 18.7. The summed E-state index contributed by atoms with van der Waals surface area (Å²) in [6.07, 6.45) is 0. The topological polar surface area (TPSA) is 0 Å². The van der Waals surface area contributed by atoms with E-state index in [0.717, 1.165) is 0 Å². The van der Waals surface area contributed by atoms with Crippen LogP contribution in [0.25, 0.3) is 99.1 Å². The van der Waals surface area contributed by atoms with E-state index in [1.54, 1.807) is 0 Å². The van der Waals surface area contributed by atoms with Crippen molar-refractivity contribution in [2.75, 3.05) is 0 Å². The van der Waals surface area contributed by atoms with Crippen LogP contribution in [0.1, 0.15) is 0 Å². The molecule has 0 aliphatic rings. The van der Waals surface area contributed by atoms with Crippen LogP contribution in [0.3, 0.4) is 0 Å². The number of benzene rings is 10. The molecule has 0 saturated heterocycles. The minimum atomic E-state index is 1.20. The van der Waals surface area contributed by atoms with Crippen LogP contribution in [0.2, 0.25) is 0 Å². The monoisotopic (exact) mass is 684 g/mol. The fraction of sp³-hybridized carbons (Fsp3) is 0. The summed E-state index contributed by atoms with van der Waals surface area (Å²) < 4.78 is 0. The Morgan fingerprint density at radius 1 is 0.167 bits per heavy atom. The van der Waals surface area contributed by atoms with Crippen molar-refractivity contribution < 1.29 is 0 Å². The minimum absolute atomic E-state index is 1.20. The first-order valence-corrected chi connectivity index (χ1v) is 18.7. The molecule has 0 amide bonds. The second-order valence-electron chi connectivity index (χ2n) is 14.0. The van der Waals surface area contributed by atoms with Gasteiger partial charge in [-0.25, -0.2) is 0 Å². The molecular weight excluding hydrogens is 649 g/mol. The summed E-state index contributed by atoms with van der Waals surface area (Å²) in [5, 5.41) is 7.49. The first-order chi connectivity index (χ1) is 26.8. The lowest BCUT2D eigenvalue weighted by Gasteiger charge is -2.26. The van der Waals surface area contributed by atoms with Crippen LogP contribution >= 0.6 is 0 Å². The standard InChI is InChI=1S/C54H36/c1-7-19-37(20-8-1)43-31-33-45-47(35-43)51(41-27-15-5-16-28-41)53-50(40-25-13-4-14-26-40)46-34-32-44(38-21-9-2-10-22-38)36-48(46)52(42-29-17-6-18-30-42)54(53)49(45)39-23-11-3-12-24-39/h1-36H. The van der Waals surface area contributed by atoms with Crippen molar-refractivity contribution in [3.63, 3.8) is 0 Å². The molecule has 0 nitrogen and oxygen atoms in total. The molecule has 10 rings (SSSR count). The zero-order valence-corrected chi connectivity index (χ0v) is 29.8. The zero-order valence-electron chi connectivity index (χ0n) is 29.8. The van der Waals surface area contributed by atoms with Crippen molar-refractivity contribution >= 4 is 32.3 Å². The van der Waals surface area contributed by atoms with Crippen molar-refractivity contribution in [2.24, 2.45) is 0 Å².